The first-order valence-corrected chi connectivity index (χ1v) is 5.71. The summed E-state index contributed by atoms with van der Waals surface area (Å²) in [6.45, 7) is 0.884. The van der Waals surface area contributed by atoms with Crippen molar-refractivity contribution in [2.75, 3.05) is 24.2 Å². The Morgan fingerprint density at radius 1 is 1.35 bits per heavy atom. The van der Waals surface area contributed by atoms with Gasteiger partial charge in [-0.25, -0.2) is 0 Å². The Bertz CT molecular complexity index is 546. The Morgan fingerprint density at radius 2 is 2.18 bits per heavy atom. The molecule has 0 saturated heterocycles. The minimum atomic E-state index is 0.283. The van der Waals surface area contributed by atoms with Gasteiger partial charge >= 0.3 is 0 Å². The molecule has 17 heavy (non-hydrogen) atoms. The molecule has 0 radical (unpaired) electrons. The summed E-state index contributed by atoms with van der Waals surface area (Å²) < 4.78 is 2.01. The van der Waals surface area contributed by atoms with E-state index in [0.717, 1.165) is 18.3 Å². The van der Waals surface area contributed by atoms with E-state index in [1.807, 2.05) is 24.7 Å². The quantitative estimate of drug-likeness (QED) is 0.817. The third kappa shape index (κ3) is 1.46. The molecule has 0 aliphatic carbocycles. The van der Waals surface area contributed by atoms with Gasteiger partial charge in [0.1, 0.15) is 5.82 Å². The normalized spacial score (nSPS) is 17.6. The number of nitrogens with one attached hydrogen (secondary N) is 2. The number of rotatable bonds is 2. The van der Waals surface area contributed by atoms with Crippen LogP contribution in [0.25, 0.3) is 0 Å². The topological polar surface area (TPSA) is 54.8 Å². The molecular weight excluding hydrogens is 214 g/mol. The zero-order valence-corrected chi connectivity index (χ0v) is 9.94. The molecule has 1 aliphatic heterocycles. The van der Waals surface area contributed by atoms with Crippen molar-refractivity contribution < 1.29 is 0 Å². The number of benzene rings is 1. The van der Waals surface area contributed by atoms with Crippen molar-refractivity contribution in [3.8, 4) is 0 Å². The van der Waals surface area contributed by atoms with Crippen LogP contribution in [-0.4, -0.2) is 28.4 Å². The molecular formula is C12H15N5. The Hall–Kier alpha value is -2.04. The fourth-order valence-electron chi connectivity index (χ4n) is 2.38. The molecule has 0 spiro atoms. The molecule has 2 aromatic rings. The molecule has 2 heterocycles. The molecule has 1 aliphatic rings. The van der Waals surface area contributed by atoms with Crippen LogP contribution in [0.3, 0.4) is 0 Å². The summed E-state index contributed by atoms with van der Waals surface area (Å²) >= 11 is 0. The van der Waals surface area contributed by atoms with Gasteiger partial charge in [0.15, 0.2) is 0 Å². The monoisotopic (exact) mass is 229 g/mol. The lowest BCUT2D eigenvalue weighted by atomic mass is 10.0. The largest absolute Gasteiger partial charge is 0.384 e. The van der Waals surface area contributed by atoms with Gasteiger partial charge in [-0.15, -0.1) is 10.2 Å². The first-order chi connectivity index (χ1) is 8.31. The van der Waals surface area contributed by atoms with Crippen LogP contribution in [0.5, 0.6) is 0 Å². The highest BCUT2D eigenvalue weighted by Gasteiger charge is 2.27. The van der Waals surface area contributed by atoms with E-state index in [9.17, 15) is 0 Å². The van der Waals surface area contributed by atoms with Gasteiger partial charge in [0, 0.05) is 26.3 Å². The smallest absolute Gasteiger partial charge is 0.224 e. The van der Waals surface area contributed by atoms with Crippen molar-refractivity contribution in [2.24, 2.45) is 7.05 Å². The second-order valence-electron chi connectivity index (χ2n) is 4.21. The van der Waals surface area contributed by atoms with E-state index in [2.05, 4.69) is 39.0 Å². The molecule has 3 rings (SSSR count). The Labute approximate surface area is 99.9 Å². The molecule has 0 amide bonds. The third-order valence-corrected chi connectivity index (χ3v) is 3.28. The van der Waals surface area contributed by atoms with Gasteiger partial charge in [-0.05, 0) is 11.6 Å². The highest BCUT2D eigenvalue weighted by atomic mass is 15.3. The molecule has 2 N–H and O–H groups in total. The summed E-state index contributed by atoms with van der Waals surface area (Å²) in [5.74, 6) is 2.07. The molecule has 88 valence electrons. The fourth-order valence-corrected chi connectivity index (χ4v) is 2.38. The van der Waals surface area contributed by atoms with Crippen molar-refractivity contribution >= 4 is 11.6 Å². The molecule has 0 saturated carbocycles. The van der Waals surface area contributed by atoms with Gasteiger partial charge in [-0.2, -0.15) is 0 Å². The van der Waals surface area contributed by atoms with Crippen molar-refractivity contribution in [3.05, 3.63) is 35.7 Å². The van der Waals surface area contributed by atoms with Crippen LogP contribution in [0, 0.1) is 0 Å². The summed E-state index contributed by atoms with van der Waals surface area (Å²) in [6.07, 6.45) is 0. The predicted molar refractivity (Wildman–Crippen MR) is 67.3 cm³/mol. The van der Waals surface area contributed by atoms with Gasteiger partial charge in [0.05, 0.1) is 5.92 Å². The highest BCUT2D eigenvalue weighted by molar-refractivity contribution is 5.59. The van der Waals surface area contributed by atoms with Gasteiger partial charge in [-0.1, -0.05) is 18.2 Å². The van der Waals surface area contributed by atoms with E-state index < -0.39 is 0 Å². The molecule has 1 atom stereocenters. The summed E-state index contributed by atoms with van der Waals surface area (Å²) in [5.41, 5.74) is 2.50. The van der Waals surface area contributed by atoms with Gasteiger partial charge in [-0.3, -0.25) is 0 Å². The fraction of sp³-hybridized carbons (Fsp3) is 0.333. The maximum Gasteiger partial charge on any atom is 0.224 e. The van der Waals surface area contributed by atoms with Crippen LogP contribution in [-0.2, 0) is 7.05 Å². The Morgan fingerprint density at radius 3 is 2.94 bits per heavy atom. The number of hydrogen-bond donors (Lipinski definition) is 2. The number of aromatic nitrogens is 3. The van der Waals surface area contributed by atoms with Crippen LogP contribution in [0.15, 0.2) is 24.3 Å². The summed E-state index contributed by atoms with van der Waals surface area (Å²) in [7, 11) is 3.84. The maximum absolute atomic E-state index is 4.28. The van der Waals surface area contributed by atoms with Gasteiger partial charge in [0.25, 0.3) is 0 Å². The van der Waals surface area contributed by atoms with Crippen LogP contribution in [0.4, 0.5) is 11.6 Å². The minimum Gasteiger partial charge on any atom is -0.384 e. The van der Waals surface area contributed by atoms with Gasteiger partial charge < -0.3 is 15.2 Å². The average Bonchev–Trinajstić information content (AvgIpc) is 2.92. The van der Waals surface area contributed by atoms with Crippen molar-refractivity contribution in [1.82, 2.24) is 14.8 Å². The molecule has 5 heteroatoms. The van der Waals surface area contributed by atoms with E-state index in [1.54, 1.807) is 0 Å². The standard InChI is InChI=1S/C12H15N5/c1-13-12-16-15-11(17(12)2)9-7-14-10-6-4-3-5-8(9)10/h3-6,9,14H,7H2,1-2H3,(H,13,16). The highest BCUT2D eigenvalue weighted by Crippen LogP contribution is 2.35. The van der Waals surface area contributed by atoms with Crippen LogP contribution >= 0.6 is 0 Å². The van der Waals surface area contributed by atoms with Crippen LogP contribution in [0.2, 0.25) is 0 Å². The van der Waals surface area contributed by atoms with Crippen molar-refractivity contribution in [3.63, 3.8) is 0 Å². The van der Waals surface area contributed by atoms with Crippen LogP contribution < -0.4 is 10.6 Å². The number of hydrogen-bond acceptors (Lipinski definition) is 4. The average molecular weight is 229 g/mol. The summed E-state index contributed by atoms with van der Waals surface area (Å²) in [6, 6.07) is 8.36. The zero-order valence-electron chi connectivity index (χ0n) is 9.94. The van der Waals surface area contributed by atoms with E-state index >= 15 is 0 Å². The third-order valence-electron chi connectivity index (χ3n) is 3.28. The Balaban J connectivity index is 2.04. The number of fused-ring (bicyclic) bond motifs is 1. The molecule has 5 nitrogen and oxygen atoms in total. The first kappa shape index (κ1) is 10.1. The molecule has 1 unspecified atom stereocenters. The molecule has 0 bridgehead atoms. The van der Waals surface area contributed by atoms with E-state index in [0.29, 0.717) is 0 Å². The first-order valence-electron chi connectivity index (χ1n) is 5.71. The Kier molecular flexibility index (Phi) is 2.24. The minimum absolute atomic E-state index is 0.283. The predicted octanol–water partition coefficient (Wildman–Crippen LogP) is 1.41. The van der Waals surface area contributed by atoms with Crippen molar-refractivity contribution in [2.45, 2.75) is 5.92 Å². The number of anilines is 2. The lowest BCUT2D eigenvalue weighted by molar-refractivity contribution is 0.735. The second-order valence-corrected chi connectivity index (χ2v) is 4.21. The molecule has 1 aromatic heterocycles. The number of para-hydroxylation sites is 1. The van der Waals surface area contributed by atoms with Crippen LogP contribution in [0.1, 0.15) is 17.3 Å². The second kappa shape index (κ2) is 3.76. The van der Waals surface area contributed by atoms with E-state index in [-0.39, 0.29) is 5.92 Å². The lowest BCUT2D eigenvalue weighted by Gasteiger charge is -2.09. The molecule has 0 fully saturated rings. The molecule has 1 aromatic carbocycles. The summed E-state index contributed by atoms with van der Waals surface area (Å²) in [4.78, 5) is 0. The maximum atomic E-state index is 4.28. The van der Waals surface area contributed by atoms with Crippen molar-refractivity contribution in [1.29, 1.82) is 0 Å². The SMILES string of the molecule is CNc1nnc(C2CNc3ccccc32)n1C. The zero-order chi connectivity index (χ0) is 11.8. The number of nitrogens with zero attached hydrogens (tertiary/aromatic N) is 3. The van der Waals surface area contributed by atoms with E-state index in [4.69, 9.17) is 0 Å². The lowest BCUT2D eigenvalue weighted by Crippen LogP contribution is -2.11. The summed E-state index contributed by atoms with van der Waals surface area (Å²) in [5, 5.41) is 14.8. The van der Waals surface area contributed by atoms with E-state index in [1.165, 1.54) is 11.3 Å². The van der Waals surface area contributed by atoms with Gasteiger partial charge in [0.2, 0.25) is 5.95 Å².